The van der Waals surface area contributed by atoms with Gasteiger partial charge in [0, 0.05) is 5.02 Å². The third-order valence-corrected chi connectivity index (χ3v) is 5.79. The molecule has 0 spiro atoms. The van der Waals surface area contributed by atoms with Crippen LogP contribution in [0, 0.1) is 5.82 Å². The Hall–Kier alpha value is -2.12. The SMILES string of the molecule is CC(C(=O)NCCOc1ccc(Cl)cc1)S(=O)(=O)c1ccc(F)cc1. The Bertz CT molecular complexity index is 823. The number of nitrogens with one attached hydrogen (secondary N) is 1. The first-order chi connectivity index (χ1) is 11.8. The molecule has 0 bridgehead atoms. The molecule has 2 rings (SSSR count). The minimum atomic E-state index is -3.88. The molecule has 0 radical (unpaired) electrons. The largest absolute Gasteiger partial charge is 0.492 e. The van der Waals surface area contributed by atoms with Gasteiger partial charge in [0.25, 0.3) is 0 Å². The summed E-state index contributed by atoms with van der Waals surface area (Å²) in [7, 11) is -3.88. The second kappa shape index (κ2) is 8.31. The maximum atomic E-state index is 12.9. The van der Waals surface area contributed by atoms with Gasteiger partial charge in [0.05, 0.1) is 11.4 Å². The second-order valence-electron chi connectivity index (χ2n) is 5.23. The van der Waals surface area contributed by atoms with E-state index >= 15 is 0 Å². The lowest BCUT2D eigenvalue weighted by atomic mass is 10.3. The van der Waals surface area contributed by atoms with E-state index in [1.165, 1.54) is 6.92 Å². The molecule has 1 N–H and O–H groups in total. The summed E-state index contributed by atoms with van der Waals surface area (Å²) in [5.74, 6) is -0.606. The molecule has 1 atom stereocenters. The highest BCUT2D eigenvalue weighted by Gasteiger charge is 2.29. The first-order valence-electron chi connectivity index (χ1n) is 7.46. The molecule has 1 unspecified atom stereocenters. The summed E-state index contributed by atoms with van der Waals surface area (Å²) in [6, 6.07) is 11.1. The lowest BCUT2D eigenvalue weighted by molar-refractivity contribution is -0.120. The molecule has 2 aromatic rings. The molecule has 1 amide bonds. The minimum Gasteiger partial charge on any atom is -0.492 e. The summed E-state index contributed by atoms with van der Waals surface area (Å²) < 4.78 is 43.0. The highest BCUT2D eigenvalue weighted by molar-refractivity contribution is 7.92. The number of sulfone groups is 1. The molecule has 8 heteroatoms. The molecule has 0 aliphatic rings. The van der Waals surface area contributed by atoms with Crippen molar-refractivity contribution in [1.82, 2.24) is 5.32 Å². The van der Waals surface area contributed by atoms with Gasteiger partial charge in [-0.25, -0.2) is 12.8 Å². The Morgan fingerprint density at radius 2 is 1.76 bits per heavy atom. The fourth-order valence-corrected chi connectivity index (χ4v) is 3.40. The van der Waals surface area contributed by atoms with Crippen LogP contribution in [0.1, 0.15) is 6.92 Å². The van der Waals surface area contributed by atoms with E-state index in [0.717, 1.165) is 24.3 Å². The molecule has 134 valence electrons. The van der Waals surface area contributed by atoms with Crippen LogP contribution in [0.2, 0.25) is 5.02 Å². The molecule has 5 nitrogen and oxygen atoms in total. The average molecular weight is 386 g/mol. The van der Waals surface area contributed by atoms with E-state index in [1.54, 1.807) is 24.3 Å². The van der Waals surface area contributed by atoms with Crippen molar-refractivity contribution in [1.29, 1.82) is 0 Å². The lowest BCUT2D eigenvalue weighted by Crippen LogP contribution is -2.39. The molecule has 25 heavy (non-hydrogen) atoms. The standard InChI is InChI=1S/C17H17ClFNO4S/c1-12(25(22,23)16-8-4-14(19)5-9-16)17(21)20-10-11-24-15-6-2-13(18)3-7-15/h2-9,12H,10-11H2,1H3,(H,20,21). The van der Waals surface area contributed by atoms with Crippen molar-refractivity contribution in [3.05, 3.63) is 59.4 Å². The summed E-state index contributed by atoms with van der Waals surface area (Å²) >= 11 is 5.76. The molecule has 0 aromatic heterocycles. The van der Waals surface area contributed by atoms with Crippen molar-refractivity contribution >= 4 is 27.3 Å². The fraction of sp³-hybridized carbons (Fsp3) is 0.235. The van der Waals surface area contributed by atoms with Crippen molar-refractivity contribution in [2.45, 2.75) is 17.1 Å². The van der Waals surface area contributed by atoms with Crippen molar-refractivity contribution in [3.63, 3.8) is 0 Å². The highest BCUT2D eigenvalue weighted by Crippen LogP contribution is 2.17. The first kappa shape index (κ1) is 19.2. The van der Waals surface area contributed by atoms with Crippen LogP contribution >= 0.6 is 11.6 Å². The predicted molar refractivity (Wildman–Crippen MR) is 93.0 cm³/mol. The van der Waals surface area contributed by atoms with Crippen molar-refractivity contribution in [2.24, 2.45) is 0 Å². The normalized spacial score (nSPS) is 12.4. The molecule has 0 heterocycles. The molecule has 0 saturated heterocycles. The maximum Gasteiger partial charge on any atom is 0.238 e. The van der Waals surface area contributed by atoms with Crippen LogP contribution in [0.15, 0.2) is 53.4 Å². The van der Waals surface area contributed by atoms with E-state index in [9.17, 15) is 17.6 Å². The van der Waals surface area contributed by atoms with Gasteiger partial charge in [0.1, 0.15) is 23.4 Å². The summed E-state index contributed by atoms with van der Waals surface area (Å²) in [6.07, 6.45) is 0. The van der Waals surface area contributed by atoms with Crippen LogP contribution in [0.5, 0.6) is 5.75 Å². The van der Waals surface area contributed by atoms with E-state index < -0.39 is 26.8 Å². The number of carbonyl (C=O) groups is 1. The Kier molecular flexibility index (Phi) is 6.39. The van der Waals surface area contributed by atoms with Gasteiger partial charge in [-0.2, -0.15) is 0 Å². The summed E-state index contributed by atoms with van der Waals surface area (Å²) in [4.78, 5) is 11.9. The number of hydrogen-bond acceptors (Lipinski definition) is 4. The fourth-order valence-electron chi connectivity index (χ4n) is 1.99. The van der Waals surface area contributed by atoms with E-state index in [1.807, 2.05) is 0 Å². The maximum absolute atomic E-state index is 12.9. The van der Waals surface area contributed by atoms with E-state index in [4.69, 9.17) is 16.3 Å². The zero-order valence-electron chi connectivity index (χ0n) is 13.4. The smallest absolute Gasteiger partial charge is 0.238 e. The van der Waals surface area contributed by atoms with Crippen molar-refractivity contribution < 1.29 is 22.3 Å². The van der Waals surface area contributed by atoms with Crippen LogP contribution in [0.25, 0.3) is 0 Å². The number of halogens is 2. The van der Waals surface area contributed by atoms with Crippen LogP contribution < -0.4 is 10.1 Å². The minimum absolute atomic E-state index is 0.103. The Balaban J connectivity index is 1.87. The molecule has 0 aliphatic heterocycles. The third-order valence-electron chi connectivity index (χ3n) is 3.46. The quantitative estimate of drug-likeness (QED) is 0.587. The van der Waals surface area contributed by atoms with Crippen LogP contribution in [0.4, 0.5) is 4.39 Å². The van der Waals surface area contributed by atoms with E-state index in [2.05, 4.69) is 5.32 Å². The molecular formula is C17H17ClFNO4S. The molecule has 0 aliphatic carbocycles. The lowest BCUT2D eigenvalue weighted by Gasteiger charge is -2.14. The number of ether oxygens (including phenoxy) is 1. The Labute approximate surface area is 150 Å². The van der Waals surface area contributed by atoms with Gasteiger partial charge in [0.15, 0.2) is 9.84 Å². The number of carbonyl (C=O) groups excluding carboxylic acids is 1. The van der Waals surface area contributed by atoms with Crippen LogP contribution in [0.3, 0.4) is 0 Å². The molecule has 0 fully saturated rings. The molecule has 0 saturated carbocycles. The van der Waals surface area contributed by atoms with Gasteiger partial charge in [-0.15, -0.1) is 0 Å². The van der Waals surface area contributed by atoms with Crippen LogP contribution in [-0.2, 0) is 14.6 Å². The Morgan fingerprint density at radius 3 is 2.36 bits per heavy atom. The zero-order valence-corrected chi connectivity index (χ0v) is 15.0. The van der Waals surface area contributed by atoms with Crippen molar-refractivity contribution in [2.75, 3.05) is 13.2 Å². The number of amides is 1. The topological polar surface area (TPSA) is 72.5 Å². The average Bonchev–Trinajstić information content (AvgIpc) is 2.59. The van der Waals surface area contributed by atoms with Gasteiger partial charge < -0.3 is 10.1 Å². The second-order valence-corrected chi connectivity index (χ2v) is 7.94. The van der Waals surface area contributed by atoms with Gasteiger partial charge in [-0.1, -0.05) is 11.6 Å². The monoisotopic (exact) mass is 385 g/mol. The summed E-state index contributed by atoms with van der Waals surface area (Å²) in [5, 5.41) is 1.79. The predicted octanol–water partition coefficient (Wildman–Crippen LogP) is 2.84. The highest BCUT2D eigenvalue weighted by atomic mass is 35.5. The zero-order chi connectivity index (χ0) is 18.4. The third kappa shape index (κ3) is 5.17. The van der Waals surface area contributed by atoms with Gasteiger partial charge in [-0.05, 0) is 55.5 Å². The molecule has 2 aromatic carbocycles. The van der Waals surface area contributed by atoms with E-state index in [-0.39, 0.29) is 18.0 Å². The molecular weight excluding hydrogens is 369 g/mol. The van der Waals surface area contributed by atoms with Crippen LogP contribution in [-0.4, -0.2) is 32.7 Å². The first-order valence-corrected chi connectivity index (χ1v) is 9.38. The van der Waals surface area contributed by atoms with Gasteiger partial charge in [-0.3, -0.25) is 4.79 Å². The van der Waals surface area contributed by atoms with Gasteiger partial charge in [0.2, 0.25) is 5.91 Å². The Morgan fingerprint density at radius 1 is 1.16 bits per heavy atom. The number of benzene rings is 2. The summed E-state index contributed by atoms with van der Waals surface area (Å²) in [6.45, 7) is 1.61. The number of rotatable bonds is 7. The summed E-state index contributed by atoms with van der Waals surface area (Å²) in [5.41, 5.74) is 0. The van der Waals surface area contributed by atoms with Gasteiger partial charge >= 0.3 is 0 Å². The number of hydrogen-bond donors (Lipinski definition) is 1. The van der Waals surface area contributed by atoms with E-state index in [0.29, 0.717) is 10.8 Å². The van der Waals surface area contributed by atoms with Crippen molar-refractivity contribution in [3.8, 4) is 5.75 Å².